The third kappa shape index (κ3) is 6.35. The normalized spacial score (nSPS) is 13.7. The van der Waals surface area contributed by atoms with Crippen LogP contribution < -0.4 is 37.2 Å². The third-order valence-corrected chi connectivity index (χ3v) is 6.16. The van der Waals surface area contributed by atoms with Crippen molar-refractivity contribution in [1.82, 2.24) is 16.0 Å². The van der Waals surface area contributed by atoms with Crippen LogP contribution in [0.4, 0.5) is 32.3 Å². The molecular formula is C28H29N9O3. The maximum atomic E-state index is 12.9. The average molecular weight is 540 g/mol. The van der Waals surface area contributed by atoms with Crippen LogP contribution in [0.1, 0.15) is 21.5 Å². The van der Waals surface area contributed by atoms with Crippen LogP contribution in [0.25, 0.3) is 0 Å². The lowest BCUT2D eigenvalue weighted by Crippen LogP contribution is -2.25. The number of carbonyl (C=O) groups excluding carboxylic acids is 3. The standard InChI is InChI=1S/C28H29N9O3/c1-29-26(38)22-10-9-21(36-27(39)34-19-7-5-17(6-8-19)24-30-11-12-31-24)16-23(22)37-28(40)35-20-4-2-3-18(15-20)25-32-13-14-33-25/h2-10,15-16H,11-14H2,1H3,(H,29,38)(H,30,31)(H,32,33)(H2,34,36,39)(H2,35,37,40). The van der Waals surface area contributed by atoms with E-state index in [2.05, 4.69) is 47.2 Å². The third-order valence-electron chi connectivity index (χ3n) is 6.16. The number of amidine groups is 2. The molecule has 0 fully saturated rings. The number of hydrogen-bond acceptors (Lipinski definition) is 7. The molecule has 7 N–H and O–H groups in total. The highest BCUT2D eigenvalue weighted by Crippen LogP contribution is 2.23. The molecule has 3 aromatic rings. The lowest BCUT2D eigenvalue weighted by molar-refractivity contribution is 0.0964. The summed E-state index contributed by atoms with van der Waals surface area (Å²) in [7, 11) is 1.50. The Kier molecular flexibility index (Phi) is 7.86. The number of nitrogens with zero attached hydrogens (tertiary/aromatic N) is 2. The number of nitrogens with one attached hydrogen (secondary N) is 7. The molecule has 5 rings (SSSR count). The Hall–Kier alpha value is -5.39. The summed E-state index contributed by atoms with van der Waals surface area (Å²) in [4.78, 5) is 46.8. The Bertz CT molecular complexity index is 1500. The molecule has 12 heteroatoms. The molecule has 0 aromatic heterocycles. The zero-order valence-electron chi connectivity index (χ0n) is 21.8. The minimum absolute atomic E-state index is 0.224. The number of carbonyl (C=O) groups is 3. The fourth-order valence-corrected chi connectivity index (χ4v) is 4.27. The molecule has 0 saturated heterocycles. The first-order valence-electron chi connectivity index (χ1n) is 12.8. The van der Waals surface area contributed by atoms with Crippen molar-refractivity contribution in [3.05, 3.63) is 83.4 Å². The molecule has 40 heavy (non-hydrogen) atoms. The van der Waals surface area contributed by atoms with Gasteiger partial charge in [-0.1, -0.05) is 12.1 Å². The quantitative estimate of drug-likeness (QED) is 0.245. The number of hydrogen-bond donors (Lipinski definition) is 7. The number of rotatable bonds is 7. The van der Waals surface area contributed by atoms with Crippen molar-refractivity contribution in [2.24, 2.45) is 9.98 Å². The Balaban J connectivity index is 1.25. The number of amides is 5. The van der Waals surface area contributed by atoms with Gasteiger partial charge < -0.3 is 37.2 Å². The van der Waals surface area contributed by atoms with Crippen LogP contribution in [0, 0.1) is 0 Å². The molecule has 0 radical (unpaired) electrons. The van der Waals surface area contributed by atoms with Crippen molar-refractivity contribution in [3.8, 4) is 0 Å². The SMILES string of the molecule is CNC(=O)c1ccc(NC(=O)Nc2ccc(C3=NCCN3)cc2)cc1NC(=O)Nc1cccc(C2=NCCN2)c1. The Morgan fingerprint density at radius 1 is 0.675 bits per heavy atom. The fraction of sp³-hybridized carbons (Fsp3) is 0.179. The van der Waals surface area contributed by atoms with Crippen LogP contribution in [0.15, 0.2) is 76.7 Å². The molecular weight excluding hydrogens is 510 g/mol. The Labute approximate surface area is 230 Å². The van der Waals surface area contributed by atoms with Gasteiger partial charge in [-0.2, -0.15) is 0 Å². The molecule has 0 aliphatic carbocycles. The summed E-state index contributed by atoms with van der Waals surface area (Å²) in [6.45, 7) is 3.04. The number of aliphatic imine (C=N–C) groups is 2. The first-order chi connectivity index (χ1) is 19.5. The molecule has 2 aliphatic rings. The second-order valence-corrected chi connectivity index (χ2v) is 8.97. The predicted molar refractivity (Wildman–Crippen MR) is 157 cm³/mol. The summed E-state index contributed by atoms with van der Waals surface area (Å²) < 4.78 is 0. The van der Waals surface area contributed by atoms with Crippen molar-refractivity contribution in [2.45, 2.75) is 0 Å². The number of benzene rings is 3. The van der Waals surface area contributed by atoms with Crippen LogP contribution in [0.2, 0.25) is 0 Å². The first kappa shape index (κ1) is 26.2. The minimum Gasteiger partial charge on any atom is -0.368 e. The van der Waals surface area contributed by atoms with Crippen LogP contribution in [-0.2, 0) is 0 Å². The maximum absolute atomic E-state index is 12.9. The zero-order valence-corrected chi connectivity index (χ0v) is 21.8. The van der Waals surface area contributed by atoms with Gasteiger partial charge >= 0.3 is 12.1 Å². The number of urea groups is 2. The summed E-state index contributed by atoms with van der Waals surface area (Å²) >= 11 is 0. The molecule has 0 bridgehead atoms. The van der Waals surface area contributed by atoms with E-state index in [1.54, 1.807) is 24.3 Å². The zero-order chi connectivity index (χ0) is 27.9. The van der Waals surface area contributed by atoms with Gasteiger partial charge in [0.15, 0.2) is 0 Å². The van der Waals surface area contributed by atoms with Gasteiger partial charge in [0.05, 0.1) is 24.3 Å². The monoisotopic (exact) mass is 539 g/mol. The molecule has 5 amide bonds. The van der Waals surface area contributed by atoms with E-state index in [0.29, 0.717) is 23.6 Å². The largest absolute Gasteiger partial charge is 0.368 e. The Morgan fingerprint density at radius 3 is 1.93 bits per heavy atom. The van der Waals surface area contributed by atoms with E-state index >= 15 is 0 Å². The molecule has 0 spiro atoms. The first-order valence-corrected chi connectivity index (χ1v) is 12.8. The number of anilines is 4. The van der Waals surface area contributed by atoms with Crippen LogP contribution in [-0.4, -0.2) is 62.9 Å². The van der Waals surface area contributed by atoms with Gasteiger partial charge in [-0.3, -0.25) is 14.8 Å². The predicted octanol–water partition coefficient (Wildman–Crippen LogP) is 3.03. The van der Waals surface area contributed by atoms with E-state index in [0.717, 1.165) is 42.4 Å². The van der Waals surface area contributed by atoms with Crippen LogP contribution >= 0.6 is 0 Å². The summed E-state index contributed by atoms with van der Waals surface area (Å²) in [5.41, 5.74) is 3.80. The molecule has 0 saturated carbocycles. The van der Waals surface area contributed by atoms with Gasteiger partial charge in [0, 0.05) is 48.3 Å². The van der Waals surface area contributed by atoms with Gasteiger partial charge in [0.2, 0.25) is 0 Å². The summed E-state index contributed by atoms with van der Waals surface area (Å²) in [6, 6.07) is 18.2. The molecule has 2 aliphatic heterocycles. The highest BCUT2D eigenvalue weighted by atomic mass is 16.2. The van der Waals surface area contributed by atoms with E-state index in [9.17, 15) is 14.4 Å². The van der Waals surface area contributed by atoms with E-state index in [-0.39, 0.29) is 17.2 Å². The van der Waals surface area contributed by atoms with Gasteiger partial charge in [0.25, 0.3) is 5.91 Å². The second-order valence-electron chi connectivity index (χ2n) is 8.97. The topological polar surface area (TPSA) is 160 Å². The van der Waals surface area contributed by atoms with Crippen molar-refractivity contribution in [3.63, 3.8) is 0 Å². The fourth-order valence-electron chi connectivity index (χ4n) is 4.27. The molecule has 204 valence electrons. The smallest absolute Gasteiger partial charge is 0.323 e. The van der Waals surface area contributed by atoms with Crippen molar-refractivity contribution in [1.29, 1.82) is 0 Å². The van der Waals surface area contributed by atoms with E-state index in [1.165, 1.54) is 19.2 Å². The van der Waals surface area contributed by atoms with Crippen LogP contribution in [0.5, 0.6) is 0 Å². The molecule has 12 nitrogen and oxygen atoms in total. The van der Waals surface area contributed by atoms with Crippen molar-refractivity contribution in [2.75, 3.05) is 54.5 Å². The van der Waals surface area contributed by atoms with E-state index < -0.39 is 12.1 Å². The summed E-state index contributed by atoms with van der Waals surface area (Å²) in [6.07, 6.45) is 0. The minimum atomic E-state index is -0.549. The average Bonchev–Trinajstić information content (AvgIpc) is 3.69. The van der Waals surface area contributed by atoms with Gasteiger partial charge in [-0.15, -0.1) is 0 Å². The lowest BCUT2D eigenvalue weighted by atomic mass is 10.1. The molecule has 3 aromatic carbocycles. The lowest BCUT2D eigenvalue weighted by Gasteiger charge is -2.14. The second kappa shape index (κ2) is 12.0. The van der Waals surface area contributed by atoms with Gasteiger partial charge in [-0.05, 0) is 54.6 Å². The van der Waals surface area contributed by atoms with Crippen molar-refractivity contribution >= 4 is 52.4 Å². The highest BCUT2D eigenvalue weighted by Gasteiger charge is 2.16. The van der Waals surface area contributed by atoms with Gasteiger partial charge in [0.1, 0.15) is 11.7 Å². The molecule has 0 unspecified atom stereocenters. The van der Waals surface area contributed by atoms with Crippen LogP contribution in [0.3, 0.4) is 0 Å². The van der Waals surface area contributed by atoms with Crippen molar-refractivity contribution < 1.29 is 14.4 Å². The molecule has 0 atom stereocenters. The van der Waals surface area contributed by atoms with Gasteiger partial charge in [-0.25, -0.2) is 9.59 Å². The van der Waals surface area contributed by atoms with E-state index in [4.69, 9.17) is 0 Å². The maximum Gasteiger partial charge on any atom is 0.323 e. The molecule has 2 heterocycles. The summed E-state index contributed by atoms with van der Waals surface area (Å²) in [5.74, 6) is 1.23. The highest BCUT2D eigenvalue weighted by molar-refractivity contribution is 6.09. The van der Waals surface area contributed by atoms with E-state index in [1.807, 2.05) is 30.3 Å². The summed E-state index contributed by atoms with van der Waals surface area (Å²) in [5, 5.41) is 20.0. The Morgan fingerprint density at radius 2 is 1.27 bits per heavy atom.